The van der Waals surface area contributed by atoms with Crippen LogP contribution in [0.15, 0.2) is 18.2 Å². The van der Waals surface area contributed by atoms with Gasteiger partial charge >= 0.3 is 0 Å². The maximum absolute atomic E-state index is 5.31. The van der Waals surface area contributed by atoms with Crippen LogP contribution in [0, 0.1) is 5.92 Å². The maximum atomic E-state index is 5.31. The summed E-state index contributed by atoms with van der Waals surface area (Å²) in [6, 6.07) is 6.26. The topological polar surface area (TPSA) is 63.0 Å². The first kappa shape index (κ1) is 10.2. The molecular formula is C11H18N4. The Labute approximate surface area is 90.2 Å². The molecule has 1 atom stereocenters. The van der Waals surface area contributed by atoms with Crippen LogP contribution in [-0.4, -0.2) is 11.0 Å². The van der Waals surface area contributed by atoms with Crippen molar-refractivity contribution in [3.63, 3.8) is 0 Å². The van der Waals surface area contributed by atoms with E-state index in [1.807, 2.05) is 18.2 Å². The second-order valence-electron chi connectivity index (χ2n) is 4.18. The zero-order chi connectivity index (χ0) is 10.7. The van der Waals surface area contributed by atoms with E-state index in [4.69, 9.17) is 5.84 Å². The van der Waals surface area contributed by atoms with Gasteiger partial charge in [-0.25, -0.2) is 10.8 Å². The summed E-state index contributed by atoms with van der Waals surface area (Å²) in [7, 11) is 0. The maximum Gasteiger partial charge on any atom is 0.142 e. The van der Waals surface area contributed by atoms with Gasteiger partial charge in [0.05, 0.1) is 0 Å². The standard InChI is InChI=1S/C11H18N4/c1-8(9-4-2-5-9)13-10-6-3-7-11(14-10)15-12/h3,6-9H,2,4-5,12H2,1H3,(H2,13,14,15). The summed E-state index contributed by atoms with van der Waals surface area (Å²) < 4.78 is 0. The van der Waals surface area contributed by atoms with Crippen molar-refractivity contribution in [2.45, 2.75) is 32.2 Å². The fraction of sp³-hybridized carbons (Fsp3) is 0.545. The van der Waals surface area contributed by atoms with Crippen LogP contribution in [0.1, 0.15) is 26.2 Å². The summed E-state index contributed by atoms with van der Waals surface area (Å²) >= 11 is 0. The molecule has 82 valence electrons. The molecule has 15 heavy (non-hydrogen) atoms. The first-order valence-electron chi connectivity index (χ1n) is 5.50. The van der Waals surface area contributed by atoms with Crippen LogP contribution in [-0.2, 0) is 0 Å². The molecule has 0 saturated heterocycles. The van der Waals surface area contributed by atoms with Gasteiger partial charge in [-0.3, -0.25) is 0 Å². The molecule has 4 nitrogen and oxygen atoms in total. The van der Waals surface area contributed by atoms with Crippen molar-refractivity contribution in [3.05, 3.63) is 18.2 Å². The minimum absolute atomic E-state index is 0.499. The van der Waals surface area contributed by atoms with Crippen LogP contribution in [0.5, 0.6) is 0 Å². The molecule has 0 radical (unpaired) electrons. The third kappa shape index (κ3) is 2.39. The van der Waals surface area contributed by atoms with Gasteiger partial charge < -0.3 is 10.7 Å². The average molecular weight is 206 g/mol. The molecule has 1 aliphatic rings. The summed E-state index contributed by atoms with van der Waals surface area (Å²) in [6.07, 6.45) is 4.04. The Hall–Kier alpha value is -1.29. The molecule has 0 aromatic carbocycles. The zero-order valence-corrected chi connectivity index (χ0v) is 9.03. The van der Waals surface area contributed by atoms with E-state index in [2.05, 4.69) is 22.7 Å². The Morgan fingerprint density at radius 2 is 2.13 bits per heavy atom. The van der Waals surface area contributed by atoms with Gasteiger partial charge in [0.2, 0.25) is 0 Å². The molecule has 0 amide bonds. The van der Waals surface area contributed by atoms with E-state index < -0.39 is 0 Å². The van der Waals surface area contributed by atoms with Gasteiger partial charge in [-0.05, 0) is 37.8 Å². The fourth-order valence-electron chi connectivity index (χ4n) is 1.89. The number of pyridine rings is 1. The van der Waals surface area contributed by atoms with E-state index in [9.17, 15) is 0 Å². The van der Waals surface area contributed by atoms with Crippen LogP contribution < -0.4 is 16.6 Å². The molecule has 1 fully saturated rings. The van der Waals surface area contributed by atoms with Gasteiger partial charge in [-0.2, -0.15) is 0 Å². The Morgan fingerprint density at radius 1 is 1.40 bits per heavy atom. The monoisotopic (exact) mass is 206 g/mol. The highest BCUT2D eigenvalue weighted by Gasteiger charge is 2.23. The van der Waals surface area contributed by atoms with Crippen molar-refractivity contribution < 1.29 is 0 Å². The Bertz CT molecular complexity index is 322. The van der Waals surface area contributed by atoms with Gasteiger partial charge in [-0.15, -0.1) is 0 Å². The number of nitrogens with one attached hydrogen (secondary N) is 2. The number of nitrogens with zero attached hydrogens (tertiary/aromatic N) is 1. The molecule has 1 heterocycles. The first-order valence-corrected chi connectivity index (χ1v) is 5.50. The minimum Gasteiger partial charge on any atom is -0.367 e. The highest BCUT2D eigenvalue weighted by atomic mass is 15.3. The number of hydrazine groups is 1. The summed E-state index contributed by atoms with van der Waals surface area (Å²) in [5, 5.41) is 3.41. The SMILES string of the molecule is CC(Nc1cccc(NN)n1)C1CCC1. The van der Waals surface area contributed by atoms with Crippen LogP contribution in [0.3, 0.4) is 0 Å². The lowest BCUT2D eigenvalue weighted by Crippen LogP contribution is -2.31. The van der Waals surface area contributed by atoms with Crippen molar-refractivity contribution in [3.8, 4) is 0 Å². The quantitative estimate of drug-likeness (QED) is 0.520. The normalized spacial score (nSPS) is 18.0. The van der Waals surface area contributed by atoms with Crippen molar-refractivity contribution >= 4 is 11.6 Å². The molecule has 1 aliphatic carbocycles. The molecule has 1 saturated carbocycles. The number of aromatic nitrogens is 1. The number of anilines is 2. The highest BCUT2D eigenvalue weighted by Crippen LogP contribution is 2.30. The lowest BCUT2D eigenvalue weighted by molar-refractivity contribution is 0.285. The lowest BCUT2D eigenvalue weighted by Gasteiger charge is -2.32. The summed E-state index contributed by atoms with van der Waals surface area (Å²) in [5.74, 6) is 7.70. The van der Waals surface area contributed by atoms with Crippen molar-refractivity contribution in [1.82, 2.24) is 4.98 Å². The second kappa shape index (κ2) is 4.49. The molecule has 1 aromatic rings. The van der Waals surface area contributed by atoms with E-state index in [0.717, 1.165) is 11.7 Å². The lowest BCUT2D eigenvalue weighted by atomic mass is 9.80. The molecule has 4 N–H and O–H groups in total. The fourth-order valence-corrected chi connectivity index (χ4v) is 1.89. The highest BCUT2D eigenvalue weighted by molar-refractivity contribution is 5.44. The van der Waals surface area contributed by atoms with E-state index >= 15 is 0 Å². The van der Waals surface area contributed by atoms with Crippen LogP contribution in [0.4, 0.5) is 11.6 Å². The summed E-state index contributed by atoms with van der Waals surface area (Å²) in [5.41, 5.74) is 2.55. The second-order valence-corrected chi connectivity index (χ2v) is 4.18. The summed E-state index contributed by atoms with van der Waals surface area (Å²) in [4.78, 5) is 4.32. The predicted molar refractivity (Wildman–Crippen MR) is 62.5 cm³/mol. The van der Waals surface area contributed by atoms with Crippen molar-refractivity contribution in [2.75, 3.05) is 10.7 Å². The Kier molecular flexibility index (Phi) is 3.06. The van der Waals surface area contributed by atoms with E-state index in [-0.39, 0.29) is 0 Å². The Balaban J connectivity index is 1.96. The first-order chi connectivity index (χ1) is 7.29. The number of nitrogens with two attached hydrogens (primary N) is 1. The molecule has 1 unspecified atom stereocenters. The van der Waals surface area contributed by atoms with Crippen LogP contribution in [0.25, 0.3) is 0 Å². The van der Waals surface area contributed by atoms with E-state index in [0.29, 0.717) is 11.9 Å². The van der Waals surface area contributed by atoms with Gasteiger partial charge in [0, 0.05) is 6.04 Å². The number of rotatable bonds is 4. The molecule has 0 aliphatic heterocycles. The van der Waals surface area contributed by atoms with E-state index in [1.54, 1.807) is 0 Å². The average Bonchev–Trinajstić information content (AvgIpc) is 2.15. The van der Waals surface area contributed by atoms with Crippen LogP contribution in [0.2, 0.25) is 0 Å². The van der Waals surface area contributed by atoms with Crippen molar-refractivity contribution in [1.29, 1.82) is 0 Å². The number of nitrogen functional groups attached to an aromatic ring is 1. The third-order valence-electron chi connectivity index (χ3n) is 3.13. The largest absolute Gasteiger partial charge is 0.367 e. The molecule has 2 rings (SSSR count). The van der Waals surface area contributed by atoms with Gasteiger partial charge in [-0.1, -0.05) is 12.5 Å². The van der Waals surface area contributed by atoms with Gasteiger partial charge in [0.1, 0.15) is 11.6 Å². The zero-order valence-electron chi connectivity index (χ0n) is 9.03. The number of hydrogen-bond donors (Lipinski definition) is 3. The smallest absolute Gasteiger partial charge is 0.142 e. The summed E-state index contributed by atoms with van der Waals surface area (Å²) in [6.45, 7) is 2.22. The van der Waals surface area contributed by atoms with E-state index in [1.165, 1.54) is 19.3 Å². The third-order valence-corrected chi connectivity index (χ3v) is 3.13. The van der Waals surface area contributed by atoms with Crippen molar-refractivity contribution in [2.24, 2.45) is 11.8 Å². The van der Waals surface area contributed by atoms with Gasteiger partial charge in [0.25, 0.3) is 0 Å². The Morgan fingerprint density at radius 3 is 2.73 bits per heavy atom. The van der Waals surface area contributed by atoms with Gasteiger partial charge in [0.15, 0.2) is 0 Å². The number of hydrogen-bond acceptors (Lipinski definition) is 4. The molecule has 0 spiro atoms. The van der Waals surface area contributed by atoms with Crippen LogP contribution >= 0.6 is 0 Å². The molecule has 0 bridgehead atoms. The molecule has 1 aromatic heterocycles. The minimum atomic E-state index is 0.499. The predicted octanol–water partition coefficient (Wildman–Crippen LogP) is 1.97. The molecular weight excluding hydrogens is 188 g/mol. The molecule has 4 heteroatoms.